The van der Waals surface area contributed by atoms with Gasteiger partial charge in [-0.1, -0.05) is 38.3 Å². The zero-order valence-corrected chi connectivity index (χ0v) is 20.5. The lowest BCUT2D eigenvalue weighted by molar-refractivity contribution is -0.119. The van der Waals surface area contributed by atoms with Crippen LogP contribution in [0.5, 0.6) is 5.75 Å². The molecule has 0 aliphatic rings. The van der Waals surface area contributed by atoms with Gasteiger partial charge in [-0.25, -0.2) is 0 Å². The molecule has 0 heterocycles. The van der Waals surface area contributed by atoms with E-state index in [1.165, 1.54) is 11.9 Å². The lowest BCUT2D eigenvalue weighted by atomic mass is 10.0. The van der Waals surface area contributed by atoms with E-state index in [-0.39, 0.29) is 6.54 Å². The van der Waals surface area contributed by atoms with Gasteiger partial charge in [0.15, 0.2) is 0 Å². The third kappa shape index (κ3) is 12.6. The Balaban J connectivity index is 2.52. The number of aliphatic hydroxyl groups is 5. The second-order valence-electron chi connectivity index (χ2n) is 8.66. The normalized spacial score (nSPS) is 15.5. The van der Waals surface area contributed by atoms with Gasteiger partial charge in [-0.05, 0) is 49.9 Å². The highest BCUT2D eigenvalue weighted by Crippen LogP contribution is 2.15. The zero-order chi connectivity index (χ0) is 25.2. The summed E-state index contributed by atoms with van der Waals surface area (Å²) >= 11 is 0. The first-order valence-electron chi connectivity index (χ1n) is 12.4. The molecule has 0 spiro atoms. The molecule has 4 atom stereocenters. The molecule has 0 aliphatic heterocycles. The van der Waals surface area contributed by atoms with Crippen LogP contribution in [0.15, 0.2) is 29.3 Å². The van der Waals surface area contributed by atoms with E-state index in [0.29, 0.717) is 13.2 Å². The fraction of sp³-hybridized carbons (Fsp3) is 0.720. The summed E-state index contributed by atoms with van der Waals surface area (Å²) in [7, 11) is 0. The molecular formula is C25H45N3O6. The van der Waals surface area contributed by atoms with Crippen LogP contribution in [0.4, 0.5) is 0 Å². The molecule has 0 aromatic heterocycles. The summed E-state index contributed by atoms with van der Waals surface area (Å²) in [6, 6.07) is 8.00. The second-order valence-corrected chi connectivity index (χ2v) is 8.66. The number of aliphatic hydroxyl groups excluding tert-OH is 5. The summed E-state index contributed by atoms with van der Waals surface area (Å²) in [6.07, 6.45) is 2.67. The van der Waals surface area contributed by atoms with E-state index >= 15 is 0 Å². The van der Waals surface area contributed by atoms with Gasteiger partial charge in [0.2, 0.25) is 0 Å². The molecule has 0 aliphatic carbocycles. The first-order valence-corrected chi connectivity index (χ1v) is 12.4. The number of nitrogens with zero attached hydrogens (tertiary/aromatic N) is 2. The molecule has 0 bridgehead atoms. The van der Waals surface area contributed by atoms with Crippen LogP contribution in [0.1, 0.15) is 51.0 Å². The molecule has 0 fully saturated rings. The largest absolute Gasteiger partial charge is 0.492 e. The Bertz CT molecular complexity index is 646. The second kappa shape index (κ2) is 18.6. The van der Waals surface area contributed by atoms with Crippen molar-refractivity contribution in [3.8, 4) is 5.75 Å². The highest BCUT2D eigenvalue weighted by atomic mass is 16.5. The number of benzene rings is 1. The number of nitrogens with two attached hydrogens (primary N) is 1. The maximum Gasteiger partial charge on any atom is 0.119 e. The van der Waals surface area contributed by atoms with Crippen LogP contribution in [0.3, 0.4) is 0 Å². The maximum absolute atomic E-state index is 10.4. The molecule has 1 aromatic rings. The fourth-order valence-electron chi connectivity index (χ4n) is 3.64. The Hall–Kier alpha value is -1.75. The van der Waals surface area contributed by atoms with Crippen LogP contribution in [0, 0.1) is 0 Å². The molecule has 0 amide bonds. The van der Waals surface area contributed by atoms with Gasteiger partial charge >= 0.3 is 0 Å². The number of aliphatic imine (C=N–C) groups is 1. The average Bonchev–Trinajstić information content (AvgIpc) is 2.85. The van der Waals surface area contributed by atoms with E-state index in [9.17, 15) is 20.4 Å². The van der Waals surface area contributed by atoms with E-state index in [2.05, 4.69) is 24.0 Å². The molecule has 0 saturated heterocycles. The van der Waals surface area contributed by atoms with Gasteiger partial charge in [0.1, 0.15) is 30.7 Å². The van der Waals surface area contributed by atoms with Gasteiger partial charge in [0.05, 0.1) is 19.0 Å². The summed E-state index contributed by atoms with van der Waals surface area (Å²) in [5.41, 5.74) is 6.48. The van der Waals surface area contributed by atoms with Gasteiger partial charge in [0.25, 0.3) is 0 Å². The summed E-state index contributed by atoms with van der Waals surface area (Å²) in [4.78, 5) is 5.99. The van der Waals surface area contributed by atoms with Gasteiger partial charge in [-0.15, -0.1) is 0 Å². The van der Waals surface area contributed by atoms with Crippen molar-refractivity contribution in [3.63, 3.8) is 0 Å². The van der Waals surface area contributed by atoms with Crippen molar-refractivity contribution in [2.24, 2.45) is 10.7 Å². The third-order valence-corrected chi connectivity index (χ3v) is 5.81. The van der Waals surface area contributed by atoms with Gasteiger partial charge < -0.3 is 36.0 Å². The van der Waals surface area contributed by atoms with Crippen LogP contribution in [-0.4, -0.2) is 101 Å². The minimum Gasteiger partial charge on any atom is -0.492 e. The lowest BCUT2D eigenvalue weighted by Gasteiger charge is -2.30. The Morgan fingerprint density at radius 1 is 0.941 bits per heavy atom. The zero-order valence-electron chi connectivity index (χ0n) is 20.5. The van der Waals surface area contributed by atoms with Crippen LogP contribution in [0.25, 0.3) is 0 Å². The van der Waals surface area contributed by atoms with Crippen LogP contribution < -0.4 is 10.5 Å². The predicted molar refractivity (Wildman–Crippen MR) is 134 cm³/mol. The van der Waals surface area contributed by atoms with Crippen LogP contribution in [-0.2, 0) is 6.42 Å². The standard InChI is InChI=1S/C25H45N3O6/c1-2-3-4-7-14-28(17-22(30)24(32)25(33)23(31)18-29)15-16-34-21-11-9-20(10-12-21)8-5-6-13-27-19-26/h9-12,19,22-25,29-33H,2-8,13-18H2,1H3,(H2,26,27)/t22-,23+,24+,25+/m0/s1. The topological polar surface area (TPSA) is 152 Å². The third-order valence-electron chi connectivity index (χ3n) is 5.81. The Morgan fingerprint density at radius 3 is 2.29 bits per heavy atom. The van der Waals surface area contributed by atoms with Gasteiger partial charge in [-0.3, -0.25) is 9.89 Å². The number of hydrogen-bond donors (Lipinski definition) is 6. The Morgan fingerprint density at radius 2 is 1.65 bits per heavy atom. The van der Waals surface area contributed by atoms with Gasteiger partial charge in [-0.2, -0.15) is 0 Å². The Kier molecular flexibility index (Phi) is 16.5. The van der Waals surface area contributed by atoms with Crippen molar-refractivity contribution in [3.05, 3.63) is 29.8 Å². The summed E-state index contributed by atoms with van der Waals surface area (Å²) < 4.78 is 5.88. The predicted octanol–water partition coefficient (Wildman–Crippen LogP) is 0.693. The number of rotatable bonds is 20. The molecule has 1 rings (SSSR count). The van der Waals surface area contributed by atoms with E-state index in [1.54, 1.807) is 0 Å². The molecule has 34 heavy (non-hydrogen) atoms. The SMILES string of the molecule is CCCCCCN(CCOc1ccc(CCCCN=CN)cc1)C[C@H](O)[C@@H](O)[C@H](O)[C@H](O)CO. The minimum absolute atomic E-state index is 0.124. The number of ether oxygens (including phenoxy) is 1. The van der Waals surface area contributed by atoms with Gasteiger partial charge in [0, 0.05) is 19.6 Å². The molecule has 1 aromatic carbocycles. The van der Waals surface area contributed by atoms with E-state index in [4.69, 9.17) is 15.6 Å². The number of unbranched alkanes of at least 4 members (excludes halogenated alkanes) is 4. The van der Waals surface area contributed by atoms with Crippen molar-refractivity contribution in [2.45, 2.75) is 76.3 Å². The number of aryl methyl sites for hydroxylation is 1. The van der Waals surface area contributed by atoms with Crippen molar-refractivity contribution >= 4 is 6.34 Å². The minimum atomic E-state index is -1.62. The van der Waals surface area contributed by atoms with Crippen molar-refractivity contribution in [2.75, 3.05) is 39.4 Å². The van der Waals surface area contributed by atoms with E-state index < -0.39 is 31.0 Å². The Labute approximate surface area is 203 Å². The molecule has 7 N–H and O–H groups in total. The van der Waals surface area contributed by atoms with Crippen LogP contribution >= 0.6 is 0 Å². The first-order chi connectivity index (χ1) is 16.4. The molecule has 9 heteroatoms. The molecule has 9 nitrogen and oxygen atoms in total. The molecule has 0 unspecified atom stereocenters. The van der Waals surface area contributed by atoms with Crippen molar-refractivity contribution in [1.29, 1.82) is 0 Å². The van der Waals surface area contributed by atoms with E-state index in [1.807, 2.05) is 17.0 Å². The van der Waals surface area contributed by atoms with Crippen molar-refractivity contribution in [1.82, 2.24) is 4.90 Å². The lowest BCUT2D eigenvalue weighted by Crippen LogP contribution is -2.50. The van der Waals surface area contributed by atoms with E-state index in [0.717, 1.165) is 63.8 Å². The summed E-state index contributed by atoms with van der Waals surface area (Å²) in [6.45, 7) is 3.99. The monoisotopic (exact) mass is 483 g/mol. The van der Waals surface area contributed by atoms with Crippen LogP contribution in [0.2, 0.25) is 0 Å². The highest BCUT2D eigenvalue weighted by Gasteiger charge is 2.31. The molecule has 196 valence electrons. The fourth-order valence-corrected chi connectivity index (χ4v) is 3.64. The summed E-state index contributed by atoms with van der Waals surface area (Å²) in [5.74, 6) is 0.768. The summed E-state index contributed by atoms with van der Waals surface area (Å²) in [5, 5.41) is 48.9. The average molecular weight is 484 g/mol. The maximum atomic E-state index is 10.4. The van der Waals surface area contributed by atoms with Crippen molar-refractivity contribution < 1.29 is 30.3 Å². The molecular weight excluding hydrogens is 438 g/mol. The smallest absolute Gasteiger partial charge is 0.119 e. The molecule has 0 radical (unpaired) electrons. The molecule has 0 saturated carbocycles. The highest BCUT2D eigenvalue weighted by molar-refractivity contribution is 5.50. The number of hydrogen-bond acceptors (Lipinski definition) is 8. The quantitative estimate of drug-likeness (QED) is 0.0900. The first kappa shape index (κ1) is 30.3.